The largest absolute Gasteiger partial charge is 0.492 e. The van der Waals surface area contributed by atoms with Crippen LogP contribution in [-0.4, -0.2) is 41.9 Å². The van der Waals surface area contributed by atoms with Gasteiger partial charge in [-0.15, -0.1) is 0 Å². The molecule has 2 heterocycles. The number of hydrogen-bond donors (Lipinski definition) is 0. The lowest BCUT2D eigenvalue weighted by Crippen LogP contribution is -2.39. The summed E-state index contributed by atoms with van der Waals surface area (Å²) in [6.07, 6.45) is 3.97. The van der Waals surface area contributed by atoms with Gasteiger partial charge in [0, 0.05) is 18.3 Å². The first kappa shape index (κ1) is 17.6. The van der Waals surface area contributed by atoms with Gasteiger partial charge in [-0.2, -0.15) is 0 Å². The normalized spacial score (nSPS) is 16.6. The first-order valence-corrected chi connectivity index (χ1v) is 9.17. The fraction of sp³-hybridized carbons (Fsp3) is 0.429. The maximum absolute atomic E-state index is 13.0. The van der Waals surface area contributed by atoms with Gasteiger partial charge in [0.1, 0.15) is 5.75 Å². The highest BCUT2D eigenvalue weighted by atomic mass is 16.5. The molecular weight excluding hydrogens is 312 g/mol. The Hall–Kier alpha value is -2.20. The van der Waals surface area contributed by atoms with Crippen LogP contribution in [0.15, 0.2) is 42.6 Å². The summed E-state index contributed by atoms with van der Waals surface area (Å²) in [4.78, 5) is 19.8. The summed E-state index contributed by atoms with van der Waals surface area (Å²) >= 11 is 0. The topological polar surface area (TPSA) is 42.4 Å². The first-order valence-electron chi connectivity index (χ1n) is 9.17. The number of carbonyl (C=O) groups excluding carboxylic acids is 1. The molecule has 1 unspecified atom stereocenters. The van der Waals surface area contributed by atoms with Crippen molar-refractivity contribution in [2.24, 2.45) is 5.92 Å². The van der Waals surface area contributed by atoms with E-state index in [0.717, 1.165) is 43.7 Å². The summed E-state index contributed by atoms with van der Waals surface area (Å²) in [5.74, 6) is 0.791. The molecule has 0 amide bonds. The Morgan fingerprint density at radius 2 is 1.96 bits per heavy atom. The third-order valence-corrected chi connectivity index (χ3v) is 4.57. The van der Waals surface area contributed by atoms with Crippen molar-refractivity contribution in [1.82, 2.24) is 9.88 Å². The molecule has 3 rings (SSSR count). The van der Waals surface area contributed by atoms with E-state index in [1.807, 2.05) is 36.4 Å². The minimum absolute atomic E-state index is 0.0930. The second-order valence-electron chi connectivity index (χ2n) is 6.60. The number of ether oxygens (including phenoxy) is 1. The van der Waals surface area contributed by atoms with Crippen molar-refractivity contribution in [3.8, 4) is 17.0 Å². The van der Waals surface area contributed by atoms with Crippen LogP contribution in [-0.2, 0) is 0 Å². The molecule has 0 N–H and O–H groups in total. The van der Waals surface area contributed by atoms with E-state index >= 15 is 0 Å². The lowest BCUT2D eigenvalue weighted by molar-refractivity contribution is 0.0768. The Balaban J connectivity index is 1.81. The van der Waals surface area contributed by atoms with Gasteiger partial charge in [-0.05, 0) is 56.3 Å². The predicted molar refractivity (Wildman–Crippen MR) is 100 cm³/mol. The van der Waals surface area contributed by atoms with Gasteiger partial charge in [0.15, 0.2) is 5.78 Å². The number of rotatable bonds is 7. The number of Topliss-reactive ketones (excluding diaryl/α,β-unsaturated/α-hetero) is 1. The van der Waals surface area contributed by atoms with Crippen LogP contribution in [0.3, 0.4) is 0 Å². The van der Waals surface area contributed by atoms with E-state index in [1.165, 1.54) is 0 Å². The van der Waals surface area contributed by atoms with Gasteiger partial charge in [-0.1, -0.05) is 19.9 Å². The van der Waals surface area contributed by atoms with Gasteiger partial charge in [-0.25, -0.2) is 0 Å². The Kier molecular flexibility index (Phi) is 5.82. The lowest BCUT2D eigenvalue weighted by Gasteiger charge is -2.29. The molecule has 1 aromatic carbocycles. The molecule has 132 valence electrons. The average Bonchev–Trinajstić information content (AvgIpc) is 2.65. The average molecular weight is 338 g/mol. The van der Waals surface area contributed by atoms with Crippen LogP contribution < -0.4 is 4.74 Å². The molecule has 0 saturated heterocycles. The zero-order valence-corrected chi connectivity index (χ0v) is 15.1. The van der Waals surface area contributed by atoms with Crippen molar-refractivity contribution in [3.63, 3.8) is 0 Å². The number of nitrogens with zero attached hydrogens (tertiary/aromatic N) is 2. The lowest BCUT2D eigenvalue weighted by atomic mass is 9.92. The molecule has 1 aromatic heterocycles. The molecule has 1 aliphatic rings. The van der Waals surface area contributed by atoms with Gasteiger partial charge < -0.3 is 9.64 Å². The summed E-state index contributed by atoms with van der Waals surface area (Å²) in [6, 6.07) is 11.6. The maximum atomic E-state index is 13.0. The van der Waals surface area contributed by atoms with E-state index in [2.05, 4.69) is 23.7 Å². The van der Waals surface area contributed by atoms with Crippen molar-refractivity contribution in [1.29, 1.82) is 0 Å². The smallest absolute Gasteiger partial charge is 0.174 e. The monoisotopic (exact) mass is 338 g/mol. The first-order chi connectivity index (χ1) is 12.2. The highest BCUT2D eigenvalue weighted by Crippen LogP contribution is 2.31. The van der Waals surface area contributed by atoms with Crippen LogP contribution in [0.1, 0.15) is 37.0 Å². The van der Waals surface area contributed by atoms with Crippen molar-refractivity contribution in [2.75, 3.05) is 26.2 Å². The van der Waals surface area contributed by atoms with E-state index in [-0.39, 0.29) is 11.7 Å². The maximum Gasteiger partial charge on any atom is 0.174 e. The molecule has 0 radical (unpaired) electrons. The van der Waals surface area contributed by atoms with Gasteiger partial charge >= 0.3 is 0 Å². The zero-order valence-electron chi connectivity index (χ0n) is 15.1. The highest BCUT2D eigenvalue weighted by molar-refractivity contribution is 6.02. The molecule has 0 saturated carbocycles. The molecule has 4 heteroatoms. The van der Waals surface area contributed by atoms with Crippen LogP contribution in [0.5, 0.6) is 5.75 Å². The fourth-order valence-corrected chi connectivity index (χ4v) is 3.40. The number of pyridine rings is 1. The van der Waals surface area contributed by atoms with Gasteiger partial charge in [0.2, 0.25) is 0 Å². The van der Waals surface area contributed by atoms with E-state index in [9.17, 15) is 4.79 Å². The van der Waals surface area contributed by atoms with E-state index in [1.54, 1.807) is 6.20 Å². The molecule has 4 nitrogen and oxygen atoms in total. The quantitative estimate of drug-likeness (QED) is 0.763. The molecule has 0 aliphatic carbocycles. The van der Waals surface area contributed by atoms with E-state index < -0.39 is 0 Å². The second kappa shape index (κ2) is 8.26. The molecule has 0 bridgehead atoms. The number of carbonyl (C=O) groups is 1. The molecule has 1 aliphatic heterocycles. The molecule has 0 spiro atoms. The van der Waals surface area contributed by atoms with E-state index in [4.69, 9.17) is 4.74 Å². The molecular formula is C21H26N2O2. The summed E-state index contributed by atoms with van der Waals surface area (Å²) in [5.41, 5.74) is 2.52. The van der Waals surface area contributed by atoms with Crippen molar-refractivity contribution < 1.29 is 9.53 Å². The van der Waals surface area contributed by atoms with Crippen LogP contribution in [0.2, 0.25) is 0 Å². The summed E-state index contributed by atoms with van der Waals surface area (Å²) in [7, 11) is 0. The number of aromatic nitrogens is 1. The Labute approximate surface area is 149 Å². The number of fused-ring (bicyclic) bond motifs is 1. The number of benzene rings is 1. The summed E-state index contributed by atoms with van der Waals surface area (Å²) in [6.45, 7) is 7.65. The van der Waals surface area contributed by atoms with Gasteiger partial charge in [0.05, 0.1) is 23.8 Å². The van der Waals surface area contributed by atoms with Crippen LogP contribution >= 0.6 is 0 Å². The molecule has 0 fully saturated rings. The SMILES string of the molecule is CCCN(CCC)CC1COc2ccc(-c3ccccn3)cc2C1=O. The van der Waals surface area contributed by atoms with E-state index in [0.29, 0.717) is 17.9 Å². The Morgan fingerprint density at radius 3 is 2.64 bits per heavy atom. The van der Waals surface area contributed by atoms with Crippen LogP contribution in [0.4, 0.5) is 0 Å². The number of hydrogen-bond acceptors (Lipinski definition) is 4. The van der Waals surface area contributed by atoms with Crippen LogP contribution in [0, 0.1) is 5.92 Å². The summed E-state index contributed by atoms with van der Waals surface area (Å²) in [5, 5.41) is 0. The number of ketones is 1. The fourth-order valence-electron chi connectivity index (χ4n) is 3.40. The van der Waals surface area contributed by atoms with Gasteiger partial charge in [0.25, 0.3) is 0 Å². The Bertz CT molecular complexity index is 709. The minimum Gasteiger partial charge on any atom is -0.492 e. The molecule has 2 aromatic rings. The standard InChI is InChI=1S/C21H26N2O2/c1-3-11-23(12-4-2)14-17-15-25-20-9-8-16(13-18(20)21(17)24)19-7-5-6-10-22-19/h5-10,13,17H,3-4,11-12,14-15H2,1-2H3. The summed E-state index contributed by atoms with van der Waals surface area (Å²) < 4.78 is 5.89. The predicted octanol–water partition coefficient (Wildman–Crippen LogP) is 4.06. The highest BCUT2D eigenvalue weighted by Gasteiger charge is 2.30. The van der Waals surface area contributed by atoms with Crippen molar-refractivity contribution in [3.05, 3.63) is 48.2 Å². The Morgan fingerprint density at radius 1 is 1.16 bits per heavy atom. The molecule has 1 atom stereocenters. The van der Waals surface area contributed by atoms with Crippen LogP contribution in [0.25, 0.3) is 11.3 Å². The van der Waals surface area contributed by atoms with Crippen molar-refractivity contribution >= 4 is 5.78 Å². The second-order valence-corrected chi connectivity index (χ2v) is 6.60. The van der Waals surface area contributed by atoms with Gasteiger partial charge in [-0.3, -0.25) is 9.78 Å². The third-order valence-electron chi connectivity index (χ3n) is 4.57. The molecule has 25 heavy (non-hydrogen) atoms. The third kappa shape index (κ3) is 4.07. The zero-order chi connectivity index (χ0) is 17.6. The van der Waals surface area contributed by atoms with Crippen molar-refractivity contribution in [2.45, 2.75) is 26.7 Å². The minimum atomic E-state index is -0.0930.